The summed E-state index contributed by atoms with van der Waals surface area (Å²) in [6.07, 6.45) is 7.09. The number of benzene rings is 4. The Morgan fingerprint density at radius 1 is 0.800 bits per heavy atom. The van der Waals surface area contributed by atoms with Gasteiger partial charge >= 0.3 is 0 Å². The second kappa shape index (κ2) is 17.6. The van der Waals surface area contributed by atoms with Gasteiger partial charge in [-0.25, -0.2) is 29.6 Å². The summed E-state index contributed by atoms with van der Waals surface area (Å²) in [7, 11) is 0. The first-order valence-corrected chi connectivity index (χ1v) is 20.2. The quantitative estimate of drug-likeness (QED) is 0.0375. The van der Waals surface area contributed by atoms with E-state index in [-0.39, 0.29) is 17.0 Å². The number of halogens is 2. The first-order chi connectivity index (χ1) is 26.6. The zero-order valence-corrected chi connectivity index (χ0v) is 33.7. The molecule has 11 nitrogen and oxygen atoms in total. The number of Topliss-reactive ketones (excluding diaryl/α,β-unsaturated/α-hetero) is 1. The number of aromatic amines is 1. The Morgan fingerprint density at radius 2 is 1.40 bits per heavy atom. The zero-order chi connectivity index (χ0) is 39.1. The van der Waals surface area contributed by atoms with Crippen molar-refractivity contribution in [3.8, 4) is 22.5 Å². The van der Waals surface area contributed by atoms with Gasteiger partial charge in [-0.15, -0.1) is 0 Å². The first-order valence-electron chi connectivity index (χ1n) is 16.1. The van der Waals surface area contributed by atoms with Gasteiger partial charge in [0.1, 0.15) is 0 Å². The van der Waals surface area contributed by atoms with Crippen LogP contribution >= 0.6 is 55.4 Å². The average Bonchev–Trinajstić information content (AvgIpc) is 3.60. The standard InChI is InChI=1S/C20H13BrN4O3S.C20H13BrN4S/c1-22-14-6-3-12(4-7-14)19(26)18(16-9-10-23-20(24-16)29-2)15-11-13(21)5-8-17(15)25(27)28;1-22-14-6-3-12(4-7-14)19-18(17-9-10-23-20(25-17)26-2)15-11-13(21)5-8-16(15)24-19/h3-11,18H,2H3;3-11,24H,2H3. The van der Waals surface area contributed by atoms with E-state index in [2.05, 4.69) is 73.6 Å². The van der Waals surface area contributed by atoms with Crippen LogP contribution in [0.3, 0.4) is 0 Å². The highest BCUT2D eigenvalue weighted by Crippen LogP contribution is 2.40. The molecule has 15 heteroatoms. The third-order valence-electron chi connectivity index (χ3n) is 8.29. The molecule has 0 aliphatic heterocycles. The number of rotatable bonds is 9. The molecule has 3 heterocycles. The SMILES string of the molecule is [C-]#[N+]c1ccc(-c2[nH]c3ccc(Br)cc3c2-c2ccnc(SC)n2)cc1.[C-]#[N+]c1ccc(C(=O)C(c2ccnc(SC)n2)c2cc(Br)ccc2[N+](=O)[O-])cc1. The fourth-order valence-corrected chi connectivity index (χ4v) is 7.22. The van der Waals surface area contributed by atoms with E-state index >= 15 is 0 Å². The largest absolute Gasteiger partial charge is 0.354 e. The molecular formula is C40H26Br2N8O3S2. The summed E-state index contributed by atoms with van der Waals surface area (Å²) in [4.78, 5) is 52.4. The number of nitro groups is 1. The van der Waals surface area contributed by atoms with Crippen molar-refractivity contribution in [2.24, 2.45) is 0 Å². The number of carbonyl (C=O) groups excluding carboxylic acids is 1. The second-order valence-corrected chi connectivity index (χ2v) is 14.9. The van der Waals surface area contributed by atoms with Crippen molar-refractivity contribution in [1.29, 1.82) is 0 Å². The number of ketones is 1. The molecule has 0 amide bonds. The normalized spacial score (nSPS) is 11.2. The van der Waals surface area contributed by atoms with Crippen molar-refractivity contribution in [2.45, 2.75) is 16.2 Å². The molecule has 0 spiro atoms. The van der Waals surface area contributed by atoms with Crippen molar-refractivity contribution in [3.63, 3.8) is 0 Å². The zero-order valence-electron chi connectivity index (χ0n) is 28.9. The molecule has 3 aromatic heterocycles. The maximum absolute atomic E-state index is 13.4. The van der Waals surface area contributed by atoms with Gasteiger partial charge in [0.15, 0.2) is 27.5 Å². The summed E-state index contributed by atoms with van der Waals surface area (Å²) in [5.41, 5.74) is 6.74. The van der Waals surface area contributed by atoms with Gasteiger partial charge in [0, 0.05) is 55.0 Å². The van der Waals surface area contributed by atoms with Crippen LogP contribution in [0.5, 0.6) is 0 Å². The van der Waals surface area contributed by atoms with Crippen LogP contribution < -0.4 is 0 Å². The minimum Gasteiger partial charge on any atom is -0.354 e. The maximum Gasteiger partial charge on any atom is 0.273 e. The smallest absolute Gasteiger partial charge is 0.273 e. The molecule has 1 unspecified atom stereocenters. The van der Waals surface area contributed by atoms with Crippen molar-refractivity contribution >= 4 is 89.1 Å². The van der Waals surface area contributed by atoms with Crippen LogP contribution in [0.4, 0.5) is 17.1 Å². The van der Waals surface area contributed by atoms with E-state index in [4.69, 9.17) is 18.1 Å². The molecule has 270 valence electrons. The Balaban J connectivity index is 0.000000188. The Morgan fingerprint density at radius 3 is 2.04 bits per heavy atom. The summed E-state index contributed by atoms with van der Waals surface area (Å²) >= 11 is 9.73. The lowest BCUT2D eigenvalue weighted by atomic mass is 9.86. The topological polar surface area (TPSA) is 136 Å². The number of fused-ring (bicyclic) bond motifs is 1. The highest BCUT2D eigenvalue weighted by molar-refractivity contribution is 9.10. The van der Waals surface area contributed by atoms with Gasteiger partial charge in [-0.05, 0) is 60.5 Å². The number of nitrogens with zero attached hydrogens (tertiary/aromatic N) is 7. The van der Waals surface area contributed by atoms with Gasteiger partial charge in [0.2, 0.25) is 0 Å². The minimum absolute atomic E-state index is 0.173. The number of nitrogens with one attached hydrogen (secondary N) is 1. The van der Waals surface area contributed by atoms with E-state index in [0.717, 1.165) is 43.0 Å². The molecular weight excluding hydrogens is 864 g/mol. The molecule has 4 aromatic carbocycles. The summed E-state index contributed by atoms with van der Waals surface area (Å²) in [6.45, 7) is 14.2. The van der Waals surface area contributed by atoms with Gasteiger partial charge in [-0.3, -0.25) is 14.9 Å². The number of hydrogen-bond acceptors (Lipinski definition) is 9. The lowest BCUT2D eigenvalue weighted by Crippen LogP contribution is -2.18. The lowest BCUT2D eigenvalue weighted by molar-refractivity contribution is -0.385. The Kier molecular flexibility index (Phi) is 12.5. The number of nitro benzene ring substituents is 1. The van der Waals surface area contributed by atoms with Crippen LogP contribution in [-0.4, -0.2) is 48.1 Å². The van der Waals surface area contributed by atoms with E-state index in [9.17, 15) is 14.9 Å². The van der Waals surface area contributed by atoms with Gasteiger partial charge in [-0.1, -0.05) is 104 Å². The van der Waals surface area contributed by atoms with Gasteiger partial charge in [0.25, 0.3) is 5.69 Å². The molecule has 0 saturated heterocycles. The summed E-state index contributed by atoms with van der Waals surface area (Å²) in [5, 5.41) is 13.9. The van der Waals surface area contributed by atoms with Crippen LogP contribution in [0.15, 0.2) is 129 Å². The number of H-pyrrole nitrogens is 1. The molecule has 55 heavy (non-hydrogen) atoms. The molecule has 1 N–H and O–H groups in total. The van der Waals surface area contributed by atoms with E-state index in [1.807, 2.05) is 42.7 Å². The van der Waals surface area contributed by atoms with Gasteiger partial charge in [0.05, 0.1) is 41.1 Å². The average molecular weight is 891 g/mol. The summed E-state index contributed by atoms with van der Waals surface area (Å²) < 4.78 is 1.62. The summed E-state index contributed by atoms with van der Waals surface area (Å²) in [6, 6.07) is 27.9. The highest BCUT2D eigenvalue weighted by Gasteiger charge is 2.32. The third-order valence-corrected chi connectivity index (χ3v) is 10.4. The fourth-order valence-electron chi connectivity index (χ4n) is 5.77. The molecule has 7 aromatic rings. The van der Waals surface area contributed by atoms with Crippen LogP contribution in [0.1, 0.15) is 27.5 Å². The van der Waals surface area contributed by atoms with E-state index < -0.39 is 10.8 Å². The molecule has 0 saturated carbocycles. The Hall–Kier alpha value is -5.71. The maximum atomic E-state index is 13.4. The van der Waals surface area contributed by atoms with E-state index in [1.165, 1.54) is 35.8 Å². The summed E-state index contributed by atoms with van der Waals surface area (Å²) in [5.74, 6) is -1.35. The minimum atomic E-state index is -0.999. The molecule has 0 radical (unpaired) electrons. The predicted octanol–water partition coefficient (Wildman–Crippen LogP) is 11.8. The number of hydrogen-bond donors (Lipinski definition) is 1. The Bertz CT molecular complexity index is 2640. The van der Waals surface area contributed by atoms with Gasteiger partial charge in [-0.2, -0.15) is 0 Å². The lowest BCUT2D eigenvalue weighted by Gasteiger charge is -2.17. The number of thioether (sulfide) groups is 2. The predicted molar refractivity (Wildman–Crippen MR) is 224 cm³/mol. The van der Waals surface area contributed by atoms with E-state index in [0.29, 0.717) is 32.3 Å². The van der Waals surface area contributed by atoms with Crippen LogP contribution in [0.2, 0.25) is 0 Å². The molecule has 0 fully saturated rings. The van der Waals surface area contributed by atoms with Crippen molar-refractivity contribution < 1.29 is 9.72 Å². The van der Waals surface area contributed by atoms with Crippen LogP contribution in [0.25, 0.3) is 43.1 Å². The second-order valence-electron chi connectivity index (χ2n) is 11.5. The first kappa shape index (κ1) is 39.0. The molecule has 0 bridgehead atoms. The van der Waals surface area contributed by atoms with Crippen LogP contribution in [-0.2, 0) is 0 Å². The van der Waals surface area contributed by atoms with Gasteiger partial charge < -0.3 is 4.98 Å². The highest BCUT2D eigenvalue weighted by atomic mass is 79.9. The van der Waals surface area contributed by atoms with Crippen molar-refractivity contribution in [1.82, 2.24) is 24.9 Å². The molecule has 1 atom stereocenters. The third kappa shape index (κ3) is 8.82. The van der Waals surface area contributed by atoms with Crippen LogP contribution in [0, 0.1) is 23.3 Å². The molecule has 0 aliphatic rings. The fraction of sp³-hybridized carbons (Fsp3) is 0.0750. The Labute approximate surface area is 341 Å². The molecule has 7 rings (SSSR count). The van der Waals surface area contributed by atoms with Crippen molar-refractivity contribution in [2.75, 3.05) is 12.5 Å². The number of aromatic nitrogens is 5. The molecule has 0 aliphatic carbocycles. The van der Waals surface area contributed by atoms with E-state index in [1.54, 1.807) is 54.9 Å². The monoisotopic (exact) mass is 888 g/mol. The number of carbonyl (C=O) groups is 1. The van der Waals surface area contributed by atoms with Crippen molar-refractivity contribution in [3.05, 3.63) is 168 Å².